The maximum Gasteiger partial charge on any atom is 0.347 e. The Kier molecular flexibility index (Phi) is 4.24. The lowest BCUT2D eigenvalue weighted by molar-refractivity contribution is -0.422. The summed E-state index contributed by atoms with van der Waals surface area (Å²) in [5.74, 6) is 0.440. The second-order valence-electron chi connectivity index (χ2n) is 3.94. The molecule has 0 fully saturated rings. The fourth-order valence-electron chi connectivity index (χ4n) is 1.41. The Bertz CT molecular complexity index is 708. The SMILES string of the molecule is CC(=Cc1ccc(Oc2ncc([N+](=O)[O-])s2)cc1)[N+](=O)[O-]. The number of hydrogen-bond acceptors (Lipinski definition) is 7. The third-order valence-electron chi connectivity index (χ3n) is 2.40. The van der Waals surface area contributed by atoms with Crippen molar-refractivity contribution in [1.29, 1.82) is 0 Å². The molecule has 0 saturated heterocycles. The third kappa shape index (κ3) is 3.83. The van der Waals surface area contributed by atoms with Crippen molar-refractivity contribution in [3.63, 3.8) is 0 Å². The second-order valence-corrected chi connectivity index (χ2v) is 4.91. The van der Waals surface area contributed by atoms with Crippen LogP contribution < -0.4 is 4.74 Å². The quantitative estimate of drug-likeness (QED) is 0.618. The van der Waals surface area contributed by atoms with Crippen molar-refractivity contribution in [2.45, 2.75) is 6.92 Å². The Labute approximate surface area is 122 Å². The van der Waals surface area contributed by atoms with Crippen LogP contribution in [0.5, 0.6) is 10.9 Å². The molecule has 1 heterocycles. The highest BCUT2D eigenvalue weighted by molar-refractivity contribution is 7.16. The van der Waals surface area contributed by atoms with Gasteiger partial charge in [0.15, 0.2) is 0 Å². The zero-order valence-electron chi connectivity index (χ0n) is 10.8. The molecule has 0 aliphatic heterocycles. The Hall–Kier alpha value is -2.81. The molecule has 108 valence electrons. The summed E-state index contributed by atoms with van der Waals surface area (Å²) in [5, 5.41) is 21.1. The zero-order valence-corrected chi connectivity index (χ0v) is 11.6. The van der Waals surface area contributed by atoms with Crippen LogP contribution >= 0.6 is 11.3 Å². The molecule has 2 rings (SSSR count). The van der Waals surface area contributed by atoms with Gasteiger partial charge in [-0.2, -0.15) is 0 Å². The number of thiazole rings is 1. The fourth-order valence-corrected chi connectivity index (χ4v) is 2.01. The summed E-state index contributed by atoms with van der Waals surface area (Å²) in [6, 6.07) is 6.49. The Morgan fingerprint density at radius 1 is 1.29 bits per heavy atom. The molecule has 0 aliphatic carbocycles. The first-order valence-electron chi connectivity index (χ1n) is 5.66. The highest BCUT2D eigenvalue weighted by Gasteiger charge is 2.12. The van der Waals surface area contributed by atoms with E-state index >= 15 is 0 Å². The molecule has 9 heteroatoms. The standard InChI is InChI=1S/C12H9N3O5S/c1-8(14(16)17)6-9-2-4-10(5-3-9)20-12-13-7-11(21-12)15(18)19/h2-7H,1H3. The van der Waals surface area contributed by atoms with Gasteiger partial charge in [-0.05, 0) is 29.0 Å². The molecule has 21 heavy (non-hydrogen) atoms. The smallest absolute Gasteiger partial charge is 0.347 e. The minimum absolute atomic E-state index is 0.0271. The highest BCUT2D eigenvalue weighted by atomic mass is 32.1. The lowest BCUT2D eigenvalue weighted by Gasteiger charge is -2.01. The van der Waals surface area contributed by atoms with Crippen LogP contribution in [0.25, 0.3) is 6.08 Å². The largest absolute Gasteiger partial charge is 0.431 e. The van der Waals surface area contributed by atoms with Gasteiger partial charge in [-0.3, -0.25) is 20.2 Å². The first-order chi connectivity index (χ1) is 9.95. The average molecular weight is 307 g/mol. The van der Waals surface area contributed by atoms with Crippen LogP contribution in [0.2, 0.25) is 0 Å². The van der Waals surface area contributed by atoms with Crippen molar-refractivity contribution in [3.05, 3.63) is 62.0 Å². The maximum atomic E-state index is 10.5. The summed E-state index contributed by atoms with van der Waals surface area (Å²) in [5.41, 5.74) is 0.681. The molecule has 0 N–H and O–H groups in total. The molecule has 0 bridgehead atoms. The number of nitrogens with zero attached hydrogens (tertiary/aromatic N) is 3. The van der Waals surface area contributed by atoms with Crippen LogP contribution in [0.1, 0.15) is 12.5 Å². The van der Waals surface area contributed by atoms with Gasteiger partial charge in [0, 0.05) is 13.0 Å². The van der Waals surface area contributed by atoms with Crippen molar-refractivity contribution >= 4 is 22.4 Å². The number of allylic oxidation sites excluding steroid dienone is 1. The summed E-state index contributed by atoms with van der Waals surface area (Å²) in [7, 11) is 0. The highest BCUT2D eigenvalue weighted by Crippen LogP contribution is 2.30. The van der Waals surface area contributed by atoms with E-state index in [1.165, 1.54) is 13.0 Å². The molecule has 0 atom stereocenters. The van der Waals surface area contributed by atoms with Crippen LogP contribution in [0, 0.1) is 20.2 Å². The zero-order chi connectivity index (χ0) is 15.4. The number of aromatic nitrogens is 1. The number of ether oxygens (including phenoxy) is 1. The summed E-state index contributed by atoms with van der Waals surface area (Å²) in [6.07, 6.45) is 2.55. The van der Waals surface area contributed by atoms with Gasteiger partial charge >= 0.3 is 5.00 Å². The molecule has 0 radical (unpaired) electrons. The molecule has 1 aromatic carbocycles. The Morgan fingerprint density at radius 3 is 2.48 bits per heavy atom. The molecule has 0 unspecified atom stereocenters. The van der Waals surface area contributed by atoms with E-state index in [0.717, 1.165) is 17.5 Å². The molecule has 0 spiro atoms. The molecular weight excluding hydrogens is 298 g/mol. The average Bonchev–Trinajstić information content (AvgIpc) is 2.89. The van der Waals surface area contributed by atoms with E-state index in [2.05, 4.69) is 4.98 Å². The summed E-state index contributed by atoms with van der Waals surface area (Å²) in [4.78, 5) is 23.8. The van der Waals surface area contributed by atoms with Gasteiger partial charge in [0.25, 0.3) is 5.19 Å². The molecular formula is C12H9N3O5S. The number of benzene rings is 1. The molecule has 0 saturated carbocycles. The monoisotopic (exact) mass is 307 g/mol. The van der Waals surface area contributed by atoms with Crippen LogP contribution in [0.3, 0.4) is 0 Å². The lowest BCUT2D eigenvalue weighted by atomic mass is 10.2. The van der Waals surface area contributed by atoms with E-state index in [0.29, 0.717) is 11.3 Å². The van der Waals surface area contributed by atoms with Gasteiger partial charge in [0.2, 0.25) is 5.70 Å². The van der Waals surface area contributed by atoms with Crippen LogP contribution in [0.4, 0.5) is 5.00 Å². The van der Waals surface area contributed by atoms with Gasteiger partial charge < -0.3 is 4.74 Å². The normalized spacial score (nSPS) is 11.2. The summed E-state index contributed by atoms with van der Waals surface area (Å²) < 4.78 is 5.36. The fraction of sp³-hybridized carbons (Fsp3) is 0.0833. The van der Waals surface area contributed by atoms with Crippen LogP contribution in [-0.4, -0.2) is 14.8 Å². The molecule has 2 aromatic rings. The second kappa shape index (κ2) is 6.09. The number of rotatable bonds is 5. The van der Waals surface area contributed by atoms with Crippen LogP contribution in [-0.2, 0) is 0 Å². The van der Waals surface area contributed by atoms with E-state index < -0.39 is 9.85 Å². The van der Waals surface area contributed by atoms with Gasteiger partial charge in [-0.25, -0.2) is 4.98 Å². The first-order valence-corrected chi connectivity index (χ1v) is 6.48. The Morgan fingerprint density at radius 2 is 1.95 bits per heavy atom. The third-order valence-corrected chi connectivity index (χ3v) is 3.23. The van der Waals surface area contributed by atoms with Crippen molar-refractivity contribution in [2.24, 2.45) is 0 Å². The number of nitro groups is 2. The van der Waals surface area contributed by atoms with Gasteiger partial charge in [-0.15, -0.1) is 0 Å². The van der Waals surface area contributed by atoms with Crippen molar-refractivity contribution < 1.29 is 14.6 Å². The van der Waals surface area contributed by atoms with E-state index in [9.17, 15) is 20.2 Å². The first kappa shape index (κ1) is 14.6. The van der Waals surface area contributed by atoms with Crippen molar-refractivity contribution in [1.82, 2.24) is 4.98 Å². The van der Waals surface area contributed by atoms with Gasteiger partial charge in [-0.1, -0.05) is 12.1 Å². The molecule has 8 nitrogen and oxygen atoms in total. The minimum Gasteiger partial charge on any atom is -0.431 e. The van der Waals surface area contributed by atoms with Crippen molar-refractivity contribution in [3.8, 4) is 10.9 Å². The predicted molar refractivity (Wildman–Crippen MR) is 75.9 cm³/mol. The summed E-state index contributed by atoms with van der Waals surface area (Å²) >= 11 is 0.821. The topological polar surface area (TPSA) is 108 Å². The molecule has 0 aliphatic rings. The van der Waals surface area contributed by atoms with Gasteiger partial charge in [0.1, 0.15) is 11.9 Å². The van der Waals surface area contributed by atoms with Gasteiger partial charge in [0.05, 0.1) is 9.85 Å². The van der Waals surface area contributed by atoms with E-state index in [4.69, 9.17) is 4.74 Å². The minimum atomic E-state index is -0.543. The van der Waals surface area contributed by atoms with E-state index in [1.807, 2.05) is 0 Å². The van der Waals surface area contributed by atoms with Crippen LogP contribution in [0.15, 0.2) is 36.2 Å². The van der Waals surface area contributed by atoms with E-state index in [-0.39, 0.29) is 15.9 Å². The Balaban J connectivity index is 2.10. The van der Waals surface area contributed by atoms with E-state index in [1.54, 1.807) is 24.3 Å². The van der Waals surface area contributed by atoms with Crippen molar-refractivity contribution in [2.75, 3.05) is 0 Å². The maximum absolute atomic E-state index is 10.5. The molecule has 1 aromatic heterocycles. The number of hydrogen-bond donors (Lipinski definition) is 0. The molecule has 0 amide bonds. The summed E-state index contributed by atoms with van der Waals surface area (Å²) in [6.45, 7) is 1.40. The predicted octanol–water partition coefficient (Wildman–Crippen LogP) is 3.48. The lowest BCUT2D eigenvalue weighted by Crippen LogP contribution is -1.92.